The van der Waals surface area contributed by atoms with Crippen molar-refractivity contribution in [1.29, 1.82) is 0 Å². The first-order chi connectivity index (χ1) is 18.0. The lowest BCUT2D eigenvalue weighted by Crippen LogP contribution is -2.43. The second-order valence-electron chi connectivity index (χ2n) is 8.70. The van der Waals surface area contributed by atoms with Gasteiger partial charge in [0.05, 0.1) is 26.7 Å². The third kappa shape index (κ3) is 7.31. The van der Waals surface area contributed by atoms with E-state index in [0.29, 0.717) is 58.6 Å². The zero-order chi connectivity index (χ0) is 26.2. The van der Waals surface area contributed by atoms with E-state index >= 15 is 0 Å². The fourth-order valence-corrected chi connectivity index (χ4v) is 5.85. The number of hydrogen-bond acceptors (Lipinski definition) is 8. The molecule has 1 atom stereocenters. The number of amides is 1. The molecule has 1 unspecified atom stereocenters. The number of aromatic nitrogens is 2. The molecule has 0 radical (unpaired) electrons. The van der Waals surface area contributed by atoms with Gasteiger partial charge in [0.1, 0.15) is 0 Å². The monoisotopic (exact) mass is 564 g/mol. The first-order valence-electron chi connectivity index (χ1n) is 12.0. The van der Waals surface area contributed by atoms with Gasteiger partial charge in [-0.25, -0.2) is 0 Å². The summed E-state index contributed by atoms with van der Waals surface area (Å²) in [6, 6.07) is 11.0. The van der Waals surface area contributed by atoms with Crippen LogP contribution in [0, 0.1) is 5.92 Å². The smallest absolute Gasteiger partial charge is 0.241 e. The van der Waals surface area contributed by atoms with Crippen LogP contribution in [0.15, 0.2) is 40.9 Å². The summed E-state index contributed by atoms with van der Waals surface area (Å²) in [5.41, 5.74) is 1.71. The Morgan fingerprint density at radius 2 is 1.97 bits per heavy atom. The standard InChI is InChI=1S/C26H30Cl2N4O4S/c1-34-22-9-8-17(13-23(22)35-2)25-30-24(36-31-25)15-32-11-4-5-18(14-32)26(33)29-10-12-37-16-19-20(27)6-3-7-21(19)28/h3,6-9,13,18H,4-5,10-12,14-16H2,1-2H3,(H,29,33). The van der Waals surface area contributed by atoms with E-state index in [1.54, 1.807) is 26.0 Å². The lowest BCUT2D eigenvalue weighted by molar-refractivity contribution is -0.126. The van der Waals surface area contributed by atoms with Gasteiger partial charge >= 0.3 is 0 Å². The van der Waals surface area contributed by atoms with Crippen molar-refractivity contribution in [3.8, 4) is 22.9 Å². The molecule has 1 saturated heterocycles. The SMILES string of the molecule is COc1ccc(-c2noc(CN3CCCC(C(=O)NCCSCc4c(Cl)cccc4Cl)C3)n2)cc1OC. The van der Waals surface area contributed by atoms with Crippen LogP contribution in [0.4, 0.5) is 0 Å². The largest absolute Gasteiger partial charge is 0.493 e. The quantitative estimate of drug-likeness (QED) is 0.313. The highest BCUT2D eigenvalue weighted by molar-refractivity contribution is 7.98. The predicted octanol–water partition coefficient (Wildman–Crippen LogP) is 5.32. The number of carbonyl (C=O) groups is 1. The molecule has 198 valence electrons. The topological polar surface area (TPSA) is 89.7 Å². The summed E-state index contributed by atoms with van der Waals surface area (Å²) < 4.78 is 16.1. The molecule has 0 aliphatic carbocycles. The van der Waals surface area contributed by atoms with E-state index in [0.717, 1.165) is 36.3 Å². The molecule has 1 amide bonds. The average molecular weight is 566 g/mol. The second kappa shape index (κ2) is 13.4. The Kier molecular flexibility index (Phi) is 9.96. The minimum Gasteiger partial charge on any atom is -0.493 e. The van der Waals surface area contributed by atoms with Gasteiger partial charge in [0.15, 0.2) is 11.5 Å². The molecule has 0 spiro atoms. The van der Waals surface area contributed by atoms with Crippen LogP contribution in [0.2, 0.25) is 10.0 Å². The zero-order valence-electron chi connectivity index (χ0n) is 20.8. The van der Waals surface area contributed by atoms with Crippen LogP contribution in [0.1, 0.15) is 24.3 Å². The molecule has 1 aliphatic rings. The van der Waals surface area contributed by atoms with Crippen LogP contribution in [0.3, 0.4) is 0 Å². The van der Waals surface area contributed by atoms with Crippen LogP contribution in [-0.2, 0) is 17.1 Å². The van der Waals surface area contributed by atoms with Crippen molar-refractivity contribution in [3.63, 3.8) is 0 Å². The lowest BCUT2D eigenvalue weighted by atomic mass is 9.97. The molecule has 0 bridgehead atoms. The van der Waals surface area contributed by atoms with Gasteiger partial charge in [0.25, 0.3) is 0 Å². The Morgan fingerprint density at radius 1 is 1.19 bits per heavy atom. The molecule has 3 aromatic rings. The molecule has 8 nitrogen and oxygen atoms in total. The van der Waals surface area contributed by atoms with E-state index < -0.39 is 0 Å². The highest BCUT2D eigenvalue weighted by atomic mass is 35.5. The summed E-state index contributed by atoms with van der Waals surface area (Å²) >= 11 is 14.1. The number of thioether (sulfide) groups is 1. The molecule has 2 heterocycles. The van der Waals surface area contributed by atoms with Gasteiger partial charge in [0.2, 0.25) is 17.6 Å². The van der Waals surface area contributed by atoms with Crippen LogP contribution < -0.4 is 14.8 Å². The normalized spacial score (nSPS) is 15.9. The van der Waals surface area contributed by atoms with E-state index in [9.17, 15) is 4.79 Å². The van der Waals surface area contributed by atoms with Crippen molar-refractivity contribution >= 4 is 40.9 Å². The zero-order valence-corrected chi connectivity index (χ0v) is 23.2. The highest BCUT2D eigenvalue weighted by Crippen LogP contribution is 2.31. The van der Waals surface area contributed by atoms with Gasteiger partial charge in [-0.2, -0.15) is 16.7 Å². The molecular formula is C26H30Cl2N4O4S. The summed E-state index contributed by atoms with van der Waals surface area (Å²) in [6.45, 7) is 2.63. The van der Waals surface area contributed by atoms with E-state index in [1.807, 2.05) is 36.4 Å². The Balaban J connectivity index is 1.23. The number of nitrogens with one attached hydrogen (secondary N) is 1. The number of nitrogens with zero attached hydrogens (tertiary/aromatic N) is 3. The van der Waals surface area contributed by atoms with Crippen LogP contribution in [-0.4, -0.2) is 60.6 Å². The molecule has 0 saturated carbocycles. The molecule has 4 rings (SSSR count). The average Bonchev–Trinajstić information content (AvgIpc) is 3.38. The molecule has 1 aromatic heterocycles. The van der Waals surface area contributed by atoms with Gasteiger partial charge in [-0.3, -0.25) is 9.69 Å². The fraction of sp³-hybridized carbons (Fsp3) is 0.423. The maximum Gasteiger partial charge on any atom is 0.241 e. The molecule has 1 aliphatic heterocycles. The molecule has 11 heteroatoms. The third-order valence-corrected chi connectivity index (χ3v) is 7.89. The maximum absolute atomic E-state index is 12.8. The molecule has 1 N–H and O–H groups in total. The molecule has 2 aromatic carbocycles. The summed E-state index contributed by atoms with van der Waals surface area (Å²) in [5.74, 6) is 3.74. The number of methoxy groups -OCH3 is 2. The predicted molar refractivity (Wildman–Crippen MR) is 146 cm³/mol. The Hall–Kier alpha value is -2.46. The maximum atomic E-state index is 12.8. The number of hydrogen-bond donors (Lipinski definition) is 1. The highest BCUT2D eigenvalue weighted by Gasteiger charge is 2.27. The van der Waals surface area contributed by atoms with Crippen molar-refractivity contribution in [2.75, 3.05) is 39.6 Å². The van der Waals surface area contributed by atoms with Crippen molar-refractivity contribution in [2.24, 2.45) is 5.92 Å². The van der Waals surface area contributed by atoms with Gasteiger partial charge in [-0.1, -0.05) is 34.4 Å². The lowest BCUT2D eigenvalue weighted by Gasteiger charge is -2.30. The Bertz CT molecular complexity index is 1190. The van der Waals surface area contributed by atoms with Gasteiger partial charge in [0, 0.05) is 40.2 Å². The minimum atomic E-state index is -0.0648. The number of ether oxygens (including phenoxy) is 2. The number of piperidine rings is 1. The van der Waals surface area contributed by atoms with E-state index in [1.165, 1.54) is 0 Å². The minimum absolute atomic E-state index is 0.0648. The van der Waals surface area contributed by atoms with E-state index in [-0.39, 0.29) is 11.8 Å². The van der Waals surface area contributed by atoms with Crippen molar-refractivity contribution in [1.82, 2.24) is 20.4 Å². The van der Waals surface area contributed by atoms with Crippen molar-refractivity contribution in [2.45, 2.75) is 25.1 Å². The van der Waals surface area contributed by atoms with Gasteiger partial charge < -0.3 is 19.3 Å². The Morgan fingerprint density at radius 3 is 2.73 bits per heavy atom. The summed E-state index contributed by atoms with van der Waals surface area (Å²) in [4.78, 5) is 19.5. The van der Waals surface area contributed by atoms with Crippen LogP contribution >= 0.6 is 35.0 Å². The molecule has 37 heavy (non-hydrogen) atoms. The van der Waals surface area contributed by atoms with Crippen LogP contribution in [0.25, 0.3) is 11.4 Å². The number of rotatable bonds is 11. The first-order valence-corrected chi connectivity index (χ1v) is 13.9. The molecular weight excluding hydrogens is 535 g/mol. The van der Waals surface area contributed by atoms with Gasteiger partial charge in [-0.05, 0) is 55.3 Å². The second-order valence-corrected chi connectivity index (χ2v) is 10.6. The first kappa shape index (κ1) is 27.6. The number of halogens is 2. The van der Waals surface area contributed by atoms with Crippen molar-refractivity contribution < 1.29 is 18.8 Å². The number of carbonyl (C=O) groups excluding carboxylic acids is 1. The van der Waals surface area contributed by atoms with E-state index in [2.05, 4.69) is 20.4 Å². The van der Waals surface area contributed by atoms with Crippen LogP contribution in [0.5, 0.6) is 11.5 Å². The number of benzene rings is 2. The van der Waals surface area contributed by atoms with Gasteiger partial charge in [-0.15, -0.1) is 0 Å². The summed E-state index contributed by atoms with van der Waals surface area (Å²) in [6.07, 6.45) is 1.81. The number of likely N-dealkylation sites (tertiary alicyclic amines) is 1. The summed E-state index contributed by atoms with van der Waals surface area (Å²) in [7, 11) is 3.18. The van der Waals surface area contributed by atoms with E-state index in [4.69, 9.17) is 37.2 Å². The van der Waals surface area contributed by atoms with Crippen molar-refractivity contribution in [3.05, 3.63) is 57.9 Å². The third-order valence-electron chi connectivity index (χ3n) is 6.20. The molecule has 1 fully saturated rings. The Labute approximate surface area is 231 Å². The fourth-order valence-electron chi connectivity index (χ4n) is 4.25. The summed E-state index contributed by atoms with van der Waals surface area (Å²) in [5, 5.41) is 8.53.